The number of aromatic nitrogens is 1. The number of hydrogen-bond acceptors (Lipinski definition) is 8. The lowest BCUT2D eigenvalue weighted by Gasteiger charge is -2.43. The molecule has 1 aliphatic heterocycles. The molecule has 206 valence electrons. The zero-order valence-corrected chi connectivity index (χ0v) is 22.2. The second kappa shape index (κ2) is 13.5. The van der Waals surface area contributed by atoms with Gasteiger partial charge in [0, 0.05) is 57.7 Å². The molecular weight excluding hydrogens is 527 g/mol. The van der Waals surface area contributed by atoms with Crippen molar-refractivity contribution in [3.8, 4) is 0 Å². The van der Waals surface area contributed by atoms with Crippen molar-refractivity contribution in [2.24, 2.45) is 0 Å². The first kappa shape index (κ1) is 28.5. The lowest BCUT2D eigenvalue weighted by Crippen LogP contribution is -2.62. The quantitative estimate of drug-likeness (QED) is 0.259. The normalized spacial score (nSPS) is 15.5. The molecule has 0 spiro atoms. The number of piperazine rings is 1. The van der Waals surface area contributed by atoms with Crippen LogP contribution in [-0.2, 0) is 25.8 Å². The van der Waals surface area contributed by atoms with E-state index in [-0.39, 0.29) is 23.8 Å². The predicted molar refractivity (Wildman–Crippen MR) is 145 cm³/mol. The molecule has 1 aliphatic rings. The molecule has 1 saturated heterocycles. The number of carbonyl (C=O) groups excluding carboxylic acids is 3. The van der Waals surface area contributed by atoms with Gasteiger partial charge in [-0.3, -0.25) is 19.5 Å². The van der Waals surface area contributed by atoms with E-state index >= 15 is 0 Å². The lowest BCUT2D eigenvalue weighted by molar-refractivity contribution is -0.159. The van der Waals surface area contributed by atoms with Crippen molar-refractivity contribution in [2.75, 3.05) is 31.2 Å². The molecule has 1 unspecified atom stereocenters. The van der Waals surface area contributed by atoms with Crippen molar-refractivity contribution in [2.45, 2.75) is 32.2 Å². The van der Waals surface area contributed by atoms with Gasteiger partial charge in [-0.1, -0.05) is 48.0 Å². The van der Waals surface area contributed by atoms with E-state index < -0.39 is 24.0 Å². The summed E-state index contributed by atoms with van der Waals surface area (Å²) in [6.07, 6.45) is 1.82. The maximum absolute atomic E-state index is 14.0. The number of nitrogens with one attached hydrogen (secondary N) is 2. The number of rotatable bonds is 12. The molecule has 10 nitrogen and oxygen atoms in total. The monoisotopic (exact) mass is 556 g/mol. The number of hydrogen-bond donors (Lipinski definition) is 2. The third-order valence-electron chi connectivity index (χ3n) is 6.48. The third kappa shape index (κ3) is 6.94. The number of carbonyl (C=O) groups is 3. The van der Waals surface area contributed by atoms with E-state index in [9.17, 15) is 18.8 Å². The number of aldehydes is 1. The Hall–Kier alpha value is -3.48. The Labute approximate surface area is 230 Å². The van der Waals surface area contributed by atoms with Crippen LogP contribution < -0.4 is 15.8 Å². The van der Waals surface area contributed by atoms with Gasteiger partial charge in [0.1, 0.15) is 12.1 Å². The van der Waals surface area contributed by atoms with E-state index in [1.807, 2.05) is 29.2 Å². The number of amides is 2. The fourth-order valence-corrected chi connectivity index (χ4v) is 4.72. The second-order valence-electron chi connectivity index (χ2n) is 9.01. The molecule has 0 radical (unpaired) electrons. The van der Waals surface area contributed by atoms with Gasteiger partial charge < -0.3 is 10.1 Å². The van der Waals surface area contributed by atoms with Crippen LogP contribution in [0.5, 0.6) is 0 Å². The van der Waals surface area contributed by atoms with Crippen molar-refractivity contribution in [3.05, 3.63) is 71.1 Å². The topological polar surface area (TPSA) is 107 Å². The van der Waals surface area contributed by atoms with Gasteiger partial charge in [-0.25, -0.2) is 19.6 Å². The van der Waals surface area contributed by atoms with Crippen LogP contribution in [0, 0.1) is 5.82 Å². The van der Waals surface area contributed by atoms with Crippen molar-refractivity contribution >= 4 is 46.8 Å². The maximum Gasteiger partial charge on any atom is 0.239 e. The average molecular weight is 557 g/mol. The summed E-state index contributed by atoms with van der Waals surface area (Å²) in [7, 11) is 0. The van der Waals surface area contributed by atoms with Crippen molar-refractivity contribution in [1.29, 1.82) is 0 Å². The van der Waals surface area contributed by atoms with Gasteiger partial charge in [-0.2, -0.15) is 5.06 Å². The van der Waals surface area contributed by atoms with Gasteiger partial charge in [0.05, 0.1) is 11.1 Å². The highest BCUT2D eigenvalue weighted by Crippen LogP contribution is 2.24. The molecule has 2 heterocycles. The molecule has 3 aromatic rings. The summed E-state index contributed by atoms with van der Waals surface area (Å²) in [5.74, 6) is -0.733. The first-order chi connectivity index (χ1) is 18.9. The van der Waals surface area contributed by atoms with E-state index in [1.54, 1.807) is 18.3 Å². The minimum absolute atomic E-state index is 0.0173. The number of hydroxylamine groups is 1. The molecule has 2 atom stereocenters. The number of benzene rings is 2. The summed E-state index contributed by atoms with van der Waals surface area (Å²) in [6, 6.07) is 12.8. The fourth-order valence-electron chi connectivity index (χ4n) is 4.52. The summed E-state index contributed by atoms with van der Waals surface area (Å²) in [5, 5.41) is 7.24. The first-order valence-electron chi connectivity index (χ1n) is 12.5. The summed E-state index contributed by atoms with van der Waals surface area (Å²) in [5.41, 5.74) is 3.42. The molecule has 0 aliphatic carbocycles. The van der Waals surface area contributed by atoms with Gasteiger partial charge in [0.15, 0.2) is 12.0 Å². The van der Waals surface area contributed by atoms with Gasteiger partial charge in [-0.05, 0) is 23.1 Å². The minimum Gasteiger partial charge on any atom is -0.314 e. The minimum atomic E-state index is -0.907. The zero-order valence-electron chi connectivity index (χ0n) is 21.4. The first-order valence-corrected chi connectivity index (χ1v) is 12.9. The average Bonchev–Trinajstić information content (AvgIpc) is 2.95. The Morgan fingerprint density at radius 1 is 1.21 bits per heavy atom. The lowest BCUT2D eigenvalue weighted by atomic mass is 10.1. The molecule has 39 heavy (non-hydrogen) atoms. The summed E-state index contributed by atoms with van der Waals surface area (Å²) in [6.45, 7) is 3.74. The Balaban J connectivity index is 1.65. The van der Waals surface area contributed by atoms with Crippen molar-refractivity contribution < 1.29 is 23.6 Å². The molecule has 1 aromatic heterocycles. The molecule has 2 amide bonds. The number of anilines is 1. The molecule has 2 N–H and O–H groups in total. The molecule has 4 rings (SSSR count). The second-order valence-corrected chi connectivity index (χ2v) is 9.39. The highest BCUT2D eigenvalue weighted by molar-refractivity contribution is 6.31. The Bertz CT molecular complexity index is 1310. The van der Waals surface area contributed by atoms with E-state index in [1.165, 1.54) is 24.1 Å². The highest BCUT2D eigenvalue weighted by atomic mass is 35.5. The van der Waals surface area contributed by atoms with Crippen LogP contribution in [0.4, 0.5) is 10.2 Å². The van der Waals surface area contributed by atoms with E-state index in [4.69, 9.17) is 16.4 Å². The Morgan fingerprint density at radius 3 is 2.64 bits per heavy atom. The van der Waals surface area contributed by atoms with Crippen LogP contribution in [0.25, 0.3) is 10.8 Å². The van der Waals surface area contributed by atoms with E-state index in [0.29, 0.717) is 44.4 Å². The molecule has 0 saturated carbocycles. The van der Waals surface area contributed by atoms with Crippen LogP contribution >= 0.6 is 11.6 Å². The number of nitrogens with zero attached hydrogens (tertiary/aromatic N) is 4. The molecule has 0 bridgehead atoms. The highest BCUT2D eigenvalue weighted by Gasteiger charge is 2.37. The van der Waals surface area contributed by atoms with Crippen LogP contribution in [0.3, 0.4) is 0 Å². The summed E-state index contributed by atoms with van der Waals surface area (Å²) in [4.78, 5) is 49.5. The number of fused-ring (bicyclic) bond motifs is 1. The summed E-state index contributed by atoms with van der Waals surface area (Å²) >= 11 is 6.11. The Kier molecular flexibility index (Phi) is 9.90. The molecule has 2 aromatic carbocycles. The van der Waals surface area contributed by atoms with Gasteiger partial charge >= 0.3 is 0 Å². The number of pyridine rings is 1. The maximum atomic E-state index is 14.0. The van der Waals surface area contributed by atoms with E-state index in [0.717, 1.165) is 15.8 Å². The van der Waals surface area contributed by atoms with Crippen LogP contribution in [0.1, 0.15) is 18.9 Å². The molecular formula is C27H30ClFN6O4. The van der Waals surface area contributed by atoms with E-state index in [2.05, 4.69) is 15.7 Å². The fraction of sp³-hybridized carbons (Fsp3) is 0.333. The summed E-state index contributed by atoms with van der Waals surface area (Å²) < 4.78 is 14.0. The zero-order chi connectivity index (χ0) is 27.8. The number of halogens is 2. The van der Waals surface area contributed by atoms with Crippen molar-refractivity contribution in [1.82, 2.24) is 25.6 Å². The molecule has 1 fully saturated rings. The standard InChI is InChI=1S/C27H30ClFN6O4/c1-19(38)35(32-17-22-7-4-8-23(29)26(22)28)24(9-14-36)27(33-12-10-30-11-13-33)39-34(18-37)25-15-20-5-2-3-6-21(20)16-31-25/h2-8,14-16,18,24,27,30,32H,9-13,17H2,1H3/t24-,27?/m0/s1. The van der Waals surface area contributed by atoms with Crippen LogP contribution in [0.2, 0.25) is 5.02 Å². The van der Waals surface area contributed by atoms with Crippen molar-refractivity contribution in [3.63, 3.8) is 0 Å². The SMILES string of the molecule is CC(=O)N(NCc1cccc(F)c1Cl)[C@@H](CC=O)C(ON(C=O)c1cc2ccccc2cn1)N1CCNCC1. The van der Waals surface area contributed by atoms with Crippen LogP contribution in [0.15, 0.2) is 54.7 Å². The smallest absolute Gasteiger partial charge is 0.239 e. The van der Waals surface area contributed by atoms with Crippen LogP contribution in [-0.4, -0.2) is 71.9 Å². The van der Waals surface area contributed by atoms with Gasteiger partial charge in [0.25, 0.3) is 0 Å². The van der Waals surface area contributed by atoms with Gasteiger partial charge in [0.2, 0.25) is 12.3 Å². The predicted octanol–water partition coefficient (Wildman–Crippen LogP) is 2.66. The van der Waals surface area contributed by atoms with Gasteiger partial charge in [-0.15, -0.1) is 0 Å². The third-order valence-corrected chi connectivity index (χ3v) is 6.90. The largest absolute Gasteiger partial charge is 0.314 e. The number of hydrazine groups is 1. The molecule has 12 heteroatoms. The Morgan fingerprint density at radius 2 is 1.95 bits per heavy atom.